The normalized spacial score (nSPS) is 15.3. The lowest BCUT2D eigenvalue weighted by Gasteiger charge is -2.24. The summed E-state index contributed by atoms with van der Waals surface area (Å²) < 4.78 is 16.6. The molecule has 1 aliphatic rings. The van der Waals surface area contributed by atoms with E-state index in [1.165, 1.54) is 0 Å². The molecule has 0 amide bonds. The fourth-order valence-corrected chi connectivity index (χ4v) is 3.09. The van der Waals surface area contributed by atoms with E-state index in [2.05, 4.69) is 15.2 Å². The number of anilines is 1. The molecule has 2 heterocycles. The van der Waals surface area contributed by atoms with E-state index in [0.717, 1.165) is 49.2 Å². The highest BCUT2D eigenvalue weighted by molar-refractivity contribution is 5.99. The van der Waals surface area contributed by atoms with Crippen molar-refractivity contribution in [2.24, 2.45) is 0 Å². The van der Waals surface area contributed by atoms with Crippen molar-refractivity contribution >= 4 is 16.6 Å². The van der Waals surface area contributed by atoms with Crippen molar-refractivity contribution in [3.63, 3.8) is 0 Å². The molecule has 0 radical (unpaired) electrons. The van der Waals surface area contributed by atoms with Crippen molar-refractivity contribution in [3.05, 3.63) is 18.3 Å². The van der Waals surface area contributed by atoms with Gasteiger partial charge in [0.15, 0.2) is 11.5 Å². The molecule has 6 nitrogen and oxygen atoms in total. The van der Waals surface area contributed by atoms with E-state index in [9.17, 15) is 0 Å². The van der Waals surface area contributed by atoms with Gasteiger partial charge in [0.05, 0.1) is 21.3 Å². The Hall–Kier alpha value is -2.21. The summed E-state index contributed by atoms with van der Waals surface area (Å²) >= 11 is 0. The second-order valence-corrected chi connectivity index (χ2v) is 5.47. The van der Waals surface area contributed by atoms with Crippen molar-refractivity contribution in [2.75, 3.05) is 52.4 Å². The quantitative estimate of drug-likeness (QED) is 0.931. The minimum Gasteiger partial charge on any atom is -0.493 e. The lowest BCUT2D eigenvalue weighted by Crippen LogP contribution is -2.28. The number of aromatic nitrogens is 1. The molecule has 23 heavy (non-hydrogen) atoms. The highest BCUT2D eigenvalue weighted by Crippen LogP contribution is 2.45. The van der Waals surface area contributed by atoms with Gasteiger partial charge in [-0.3, -0.25) is 0 Å². The monoisotopic (exact) mass is 317 g/mol. The average Bonchev–Trinajstić information content (AvgIpc) is 2.88. The molecule has 1 aliphatic heterocycles. The Balaban J connectivity index is 2.19. The number of nitrogens with one attached hydrogen (secondary N) is 1. The van der Waals surface area contributed by atoms with Gasteiger partial charge in [-0.2, -0.15) is 0 Å². The molecule has 1 fully saturated rings. The zero-order valence-electron chi connectivity index (χ0n) is 13.9. The van der Waals surface area contributed by atoms with Crippen LogP contribution in [0.15, 0.2) is 18.3 Å². The van der Waals surface area contributed by atoms with Crippen LogP contribution in [0.3, 0.4) is 0 Å². The van der Waals surface area contributed by atoms with Crippen LogP contribution in [0, 0.1) is 0 Å². The van der Waals surface area contributed by atoms with E-state index in [1.54, 1.807) is 21.3 Å². The molecule has 1 saturated heterocycles. The zero-order valence-corrected chi connectivity index (χ0v) is 13.9. The molecule has 0 saturated carbocycles. The van der Waals surface area contributed by atoms with Gasteiger partial charge in [0, 0.05) is 36.6 Å². The summed E-state index contributed by atoms with van der Waals surface area (Å²) in [6.07, 6.45) is 2.92. The molecule has 0 atom stereocenters. The molecule has 1 N–H and O–H groups in total. The standard InChI is InChI=1S/C17H23N3O3/c1-21-14-11-13-12(15(22-2)16(14)23-3)5-7-19-17(13)20-9-4-6-18-8-10-20/h5,7,11,18H,4,6,8-10H2,1-3H3. The van der Waals surface area contributed by atoms with Crippen LogP contribution in [0.25, 0.3) is 10.8 Å². The topological polar surface area (TPSA) is 55.9 Å². The van der Waals surface area contributed by atoms with Gasteiger partial charge in [0.2, 0.25) is 5.75 Å². The molecule has 6 heteroatoms. The number of nitrogens with zero attached hydrogens (tertiary/aromatic N) is 2. The molecule has 0 spiro atoms. The van der Waals surface area contributed by atoms with Gasteiger partial charge in [0.25, 0.3) is 0 Å². The Labute approximate surface area is 136 Å². The smallest absolute Gasteiger partial charge is 0.203 e. The maximum absolute atomic E-state index is 5.60. The van der Waals surface area contributed by atoms with Crippen LogP contribution in [-0.2, 0) is 0 Å². The minimum atomic E-state index is 0.609. The summed E-state index contributed by atoms with van der Waals surface area (Å²) in [6.45, 7) is 3.92. The number of methoxy groups -OCH3 is 3. The van der Waals surface area contributed by atoms with E-state index < -0.39 is 0 Å². The maximum atomic E-state index is 5.60. The number of pyridine rings is 1. The minimum absolute atomic E-state index is 0.609. The predicted octanol–water partition coefficient (Wildman–Crippen LogP) is 2.06. The average molecular weight is 317 g/mol. The Morgan fingerprint density at radius 2 is 1.83 bits per heavy atom. The second-order valence-electron chi connectivity index (χ2n) is 5.47. The predicted molar refractivity (Wildman–Crippen MR) is 91.1 cm³/mol. The molecular formula is C17H23N3O3. The molecule has 2 aromatic rings. The van der Waals surface area contributed by atoms with Gasteiger partial charge in [-0.15, -0.1) is 0 Å². The van der Waals surface area contributed by atoms with Crippen molar-refractivity contribution in [1.29, 1.82) is 0 Å². The van der Waals surface area contributed by atoms with Gasteiger partial charge in [-0.1, -0.05) is 0 Å². The van der Waals surface area contributed by atoms with Gasteiger partial charge >= 0.3 is 0 Å². The summed E-state index contributed by atoms with van der Waals surface area (Å²) in [5.41, 5.74) is 0. The number of ether oxygens (including phenoxy) is 3. The first-order valence-electron chi connectivity index (χ1n) is 7.83. The molecule has 124 valence electrons. The molecule has 0 unspecified atom stereocenters. The lowest BCUT2D eigenvalue weighted by molar-refractivity contribution is 0.327. The number of benzene rings is 1. The second kappa shape index (κ2) is 6.91. The molecule has 0 aliphatic carbocycles. The first kappa shape index (κ1) is 15.7. The largest absolute Gasteiger partial charge is 0.493 e. The molecular weight excluding hydrogens is 294 g/mol. The number of rotatable bonds is 4. The van der Waals surface area contributed by atoms with Crippen molar-refractivity contribution in [3.8, 4) is 17.2 Å². The van der Waals surface area contributed by atoms with Crippen LogP contribution in [-0.4, -0.2) is 52.5 Å². The zero-order chi connectivity index (χ0) is 16.2. The third kappa shape index (κ3) is 2.86. The third-order valence-electron chi connectivity index (χ3n) is 4.19. The lowest BCUT2D eigenvalue weighted by atomic mass is 10.1. The number of hydrogen-bond donors (Lipinski definition) is 1. The van der Waals surface area contributed by atoms with Gasteiger partial charge in [0.1, 0.15) is 5.82 Å². The summed E-state index contributed by atoms with van der Waals surface area (Å²) in [7, 11) is 4.90. The number of hydrogen-bond acceptors (Lipinski definition) is 6. The molecule has 1 aromatic heterocycles. The van der Waals surface area contributed by atoms with E-state index >= 15 is 0 Å². The SMILES string of the molecule is COc1cc2c(N3CCCNCC3)nccc2c(OC)c1OC. The molecule has 0 bridgehead atoms. The first-order valence-corrected chi connectivity index (χ1v) is 7.83. The highest BCUT2D eigenvalue weighted by Gasteiger charge is 2.20. The Morgan fingerprint density at radius 1 is 1.00 bits per heavy atom. The van der Waals surface area contributed by atoms with Crippen molar-refractivity contribution in [1.82, 2.24) is 10.3 Å². The van der Waals surface area contributed by atoms with Crippen LogP contribution in [0.4, 0.5) is 5.82 Å². The van der Waals surface area contributed by atoms with E-state index in [0.29, 0.717) is 17.2 Å². The summed E-state index contributed by atoms with van der Waals surface area (Å²) in [4.78, 5) is 6.94. The van der Waals surface area contributed by atoms with Crippen LogP contribution in [0.1, 0.15) is 6.42 Å². The first-order chi connectivity index (χ1) is 11.3. The van der Waals surface area contributed by atoms with Crippen LogP contribution in [0.5, 0.6) is 17.2 Å². The van der Waals surface area contributed by atoms with Crippen molar-refractivity contribution < 1.29 is 14.2 Å². The van der Waals surface area contributed by atoms with Gasteiger partial charge in [-0.25, -0.2) is 4.98 Å². The fourth-order valence-electron chi connectivity index (χ4n) is 3.09. The van der Waals surface area contributed by atoms with E-state index in [-0.39, 0.29) is 0 Å². The Bertz CT molecular complexity index is 682. The Kier molecular flexibility index (Phi) is 4.71. The number of fused-ring (bicyclic) bond motifs is 1. The third-order valence-corrected chi connectivity index (χ3v) is 4.19. The maximum Gasteiger partial charge on any atom is 0.203 e. The van der Waals surface area contributed by atoms with Gasteiger partial charge < -0.3 is 24.4 Å². The highest BCUT2D eigenvalue weighted by atomic mass is 16.5. The summed E-state index contributed by atoms with van der Waals surface area (Å²) in [6, 6.07) is 3.94. The molecule has 3 rings (SSSR count). The van der Waals surface area contributed by atoms with Crippen molar-refractivity contribution in [2.45, 2.75) is 6.42 Å². The molecule has 1 aromatic carbocycles. The van der Waals surface area contributed by atoms with Gasteiger partial charge in [-0.05, 0) is 25.1 Å². The summed E-state index contributed by atoms with van der Waals surface area (Å²) in [5, 5.41) is 5.42. The Morgan fingerprint density at radius 3 is 2.57 bits per heavy atom. The van der Waals surface area contributed by atoms with Crippen LogP contribution < -0.4 is 24.4 Å². The van der Waals surface area contributed by atoms with E-state index in [1.807, 2.05) is 18.3 Å². The van der Waals surface area contributed by atoms with Crippen LogP contribution in [0.2, 0.25) is 0 Å². The van der Waals surface area contributed by atoms with Crippen LogP contribution >= 0.6 is 0 Å². The fraction of sp³-hybridized carbons (Fsp3) is 0.471. The van der Waals surface area contributed by atoms with E-state index in [4.69, 9.17) is 14.2 Å². The summed E-state index contributed by atoms with van der Waals surface area (Å²) in [5.74, 6) is 2.90.